The lowest BCUT2D eigenvalue weighted by atomic mass is 10.00. The van der Waals surface area contributed by atoms with Gasteiger partial charge in [0.2, 0.25) is 0 Å². The third-order valence-corrected chi connectivity index (χ3v) is 3.61. The minimum Gasteiger partial charge on any atom is -0.492 e. The van der Waals surface area contributed by atoms with E-state index >= 15 is 0 Å². The molecule has 3 rings (SSSR count). The first kappa shape index (κ1) is 12.7. The molecule has 0 saturated carbocycles. The molecule has 0 bridgehead atoms. The van der Waals surface area contributed by atoms with Crippen molar-refractivity contribution >= 4 is 11.5 Å². The zero-order valence-electron chi connectivity index (χ0n) is 11.3. The number of carbonyl (C=O) groups is 1. The number of ketones is 1. The summed E-state index contributed by atoms with van der Waals surface area (Å²) in [6.07, 6.45) is 2.07. The molecule has 0 atom stereocenters. The highest BCUT2D eigenvalue weighted by molar-refractivity contribution is 5.99. The SMILES string of the molecule is Nc1cccc(CCC(=O)c2cccc3c2OCC3)c1. The number of hydrogen-bond acceptors (Lipinski definition) is 3. The molecule has 1 aliphatic heterocycles. The van der Waals surface area contributed by atoms with Crippen molar-refractivity contribution in [3.05, 3.63) is 59.2 Å². The van der Waals surface area contributed by atoms with Crippen LogP contribution in [0.5, 0.6) is 5.75 Å². The predicted molar refractivity (Wildman–Crippen MR) is 79.1 cm³/mol. The zero-order valence-corrected chi connectivity index (χ0v) is 11.3. The third kappa shape index (κ3) is 2.52. The number of nitrogens with two attached hydrogens (primary N) is 1. The summed E-state index contributed by atoms with van der Waals surface area (Å²) < 4.78 is 5.58. The fourth-order valence-electron chi connectivity index (χ4n) is 2.58. The Morgan fingerprint density at radius 3 is 2.90 bits per heavy atom. The molecule has 0 fully saturated rings. The lowest BCUT2D eigenvalue weighted by Gasteiger charge is -2.07. The molecule has 0 unspecified atom stereocenters. The molecule has 0 amide bonds. The minimum absolute atomic E-state index is 0.131. The van der Waals surface area contributed by atoms with Gasteiger partial charge in [0.25, 0.3) is 0 Å². The number of ether oxygens (including phenoxy) is 1. The summed E-state index contributed by atoms with van der Waals surface area (Å²) in [5.41, 5.74) is 9.42. The molecule has 3 nitrogen and oxygen atoms in total. The quantitative estimate of drug-likeness (QED) is 0.684. The van der Waals surface area contributed by atoms with Gasteiger partial charge in [0, 0.05) is 18.5 Å². The molecule has 2 N–H and O–H groups in total. The second-order valence-electron chi connectivity index (χ2n) is 5.06. The molecular weight excluding hydrogens is 250 g/mol. The first-order valence-electron chi connectivity index (χ1n) is 6.86. The van der Waals surface area contributed by atoms with E-state index < -0.39 is 0 Å². The highest BCUT2D eigenvalue weighted by Crippen LogP contribution is 2.30. The van der Waals surface area contributed by atoms with Crippen LogP contribution in [0, 0.1) is 0 Å². The summed E-state index contributed by atoms with van der Waals surface area (Å²) in [7, 11) is 0. The lowest BCUT2D eigenvalue weighted by molar-refractivity contribution is 0.0980. The van der Waals surface area contributed by atoms with Crippen LogP contribution in [0.1, 0.15) is 27.9 Å². The van der Waals surface area contributed by atoms with Gasteiger partial charge in [-0.1, -0.05) is 24.3 Å². The van der Waals surface area contributed by atoms with Gasteiger partial charge < -0.3 is 10.5 Å². The van der Waals surface area contributed by atoms with Crippen LogP contribution in [-0.2, 0) is 12.8 Å². The Balaban J connectivity index is 1.73. The Morgan fingerprint density at radius 1 is 1.20 bits per heavy atom. The minimum atomic E-state index is 0.131. The topological polar surface area (TPSA) is 52.3 Å². The number of fused-ring (bicyclic) bond motifs is 1. The summed E-state index contributed by atoms with van der Waals surface area (Å²) in [5.74, 6) is 0.913. The van der Waals surface area contributed by atoms with Crippen LogP contribution in [0.15, 0.2) is 42.5 Å². The first-order chi connectivity index (χ1) is 9.74. The van der Waals surface area contributed by atoms with Crippen molar-refractivity contribution in [2.45, 2.75) is 19.3 Å². The number of rotatable bonds is 4. The maximum atomic E-state index is 12.4. The molecule has 3 heteroatoms. The molecule has 0 radical (unpaired) electrons. The number of Topliss-reactive ketones (excluding diaryl/α,β-unsaturated/α-hetero) is 1. The van der Waals surface area contributed by atoms with Crippen molar-refractivity contribution < 1.29 is 9.53 Å². The van der Waals surface area contributed by atoms with E-state index in [4.69, 9.17) is 10.5 Å². The van der Waals surface area contributed by atoms with Gasteiger partial charge in [-0.15, -0.1) is 0 Å². The standard InChI is InChI=1S/C17H17NO2/c18-14-5-1-3-12(11-14)7-8-16(19)15-6-2-4-13-9-10-20-17(13)15/h1-6,11H,7-10,18H2. The highest BCUT2D eigenvalue weighted by atomic mass is 16.5. The van der Waals surface area contributed by atoms with E-state index in [1.165, 1.54) is 0 Å². The third-order valence-electron chi connectivity index (χ3n) is 3.61. The van der Waals surface area contributed by atoms with E-state index in [-0.39, 0.29) is 5.78 Å². The summed E-state index contributed by atoms with van der Waals surface area (Å²) in [6.45, 7) is 0.675. The summed E-state index contributed by atoms with van der Waals surface area (Å²) in [6, 6.07) is 13.5. The van der Waals surface area contributed by atoms with Gasteiger partial charge in [-0.25, -0.2) is 0 Å². The molecule has 1 heterocycles. The molecule has 1 aliphatic rings. The number of aryl methyl sites for hydroxylation is 1. The van der Waals surface area contributed by atoms with Crippen molar-refractivity contribution in [1.29, 1.82) is 0 Å². The van der Waals surface area contributed by atoms with Crippen LogP contribution in [0.2, 0.25) is 0 Å². The van der Waals surface area contributed by atoms with Crippen LogP contribution in [0.4, 0.5) is 5.69 Å². The van der Waals surface area contributed by atoms with E-state index in [2.05, 4.69) is 0 Å². The maximum Gasteiger partial charge on any atom is 0.166 e. The molecule has 0 aromatic heterocycles. The second kappa shape index (κ2) is 5.37. The fraction of sp³-hybridized carbons (Fsp3) is 0.235. The summed E-state index contributed by atoms with van der Waals surface area (Å²) >= 11 is 0. The van der Waals surface area contributed by atoms with Gasteiger partial charge in [0.15, 0.2) is 5.78 Å². The first-order valence-corrected chi connectivity index (χ1v) is 6.86. The van der Waals surface area contributed by atoms with Gasteiger partial charge in [0.1, 0.15) is 5.75 Å². The lowest BCUT2D eigenvalue weighted by Crippen LogP contribution is -2.03. The normalized spacial score (nSPS) is 12.8. The van der Waals surface area contributed by atoms with Crippen LogP contribution >= 0.6 is 0 Å². The zero-order chi connectivity index (χ0) is 13.9. The summed E-state index contributed by atoms with van der Waals surface area (Å²) in [5, 5.41) is 0. The Labute approximate surface area is 118 Å². The number of hydrogen-bond donors (Lipinski definition) is 1. The van der Waals surface area contributed by atoms with E-state index in [9.17, 15) is 4.79 Å². The average molecular weight is 267 g/mol. The van der Waals surface area contributed by atoms with E-state index in [1.54, 1.807) is 0 Å². The number of benzene rings is 2. The maximum absolute atomic E-state index is 12.4. The predicted octanol–water partition coefficient (Wildman–Crippen LogP) is 3.02. The van der Waals surface area contributed by atoms with Gasteiger partial charge in [-0.2, -0.15) is 0 Å². The van der Waals surface area contributed by atoms with Crippen LogP contribution in [0.3, 0.4) is 0 Å². The molecule has 20 heavy (non-hydrogen) atoms. The van der Waals surface area contributed by atoms with Crippen LogP contribution in [0.25, 0.3) is 0 Å². The average Bonchev–Trinajstić information content (AvgIpc) is 2.93. The van der Waals surface area contributed by atoms with Crippen molar-refractivity contribution in [2.24, 2.45) is 0 Å². The Bertz CT molecular complexity index is 649. The number of anilines is 1. The molecular formula is C17H17NO2. The van der Waals surface area contributed by atoms with Crippen molar-refractivity contribution in [2.75, 3.05) is 12.3 Å². The molecule has 0 aliphatic carbocycles. The van der Waals surface area contributed by atoms with E-state index in [0.717, 1.165) is 29.0 Å². The molecule has 2 aromatic carbocycles. The largest absolute Gasteiger partial charge is 0.492 e. The van der Waals surface area contributed by atoms with Gasteiger partial charge in [-0.3, -0.25) is 4.79 Å². The number of carbonyl (C=O) groups excluding carboxylic acids is 1. The van der Waals surface area contributed by atoms with E-state index in [1.807, 2.05) is 42.5 Å². The monoisotopic (exact) mass is 267 g/mol. The smallest absolute Gasteiger partial charge is 0.166 e. The molecule has 0 spiro atoms. The number of nitrogen functional groups attached to an aromatic ring is 1. The Hall–Kier alpha value is -2.29. The van der Waals surface area contributed by atoms with Gasteiger partial charge in [0.05, 0.1) is 12.2 Å². The van der Waals surface area contributed by atoms with E-state index in [0.29, 0.717) is 25.0 Å². The van der Waals surface area contributed by atoms with Crippen LogP contribution in [-0.4, -0.2) is 12.4 Å². The number of para-hydroxylation sites is 1. The second-order valence-corrected chi connectivity index (χ2v) is 5.06. The van der Waals surface area contributed by atoms with Gasteiger partial charge in [-0.05, 0) is 35.7 Å². The fourth-order valence-corrected chi connectivity index (χ4v) is 2.58. The summed E-state index contributed by atoms with van der Waals surface area (Å²) in [4.78, 5) is 12.4. The molecule has 102 valence electrons. The van der Waals surface area contributed by atoms with Gasteiger partial charge >= 0.3 is 0 Å². The van der Waals surface area contributed by atoms with Crippen LogP contribution < -0.4 is 10.5 Å². The highest BCUT2D eigenvalue weighted by Gasteiger charge is 2.19. The Kier molecular flexibility index (Phi) is 3.42. The Morgan fingerprint density at radius 2 is 2.05 bits per heavy atom. The van der Waals surface area contributed by atoms with Crippen molar-refractivity contribution in [1.82, 2.24) is 0 Å². The molecule has 2 aromatic rings. The van der Waals surface area contributed by atoms with Crippen molar-refractivity contribution in [3.63, 3.8) is 0 Å². The molecule has 0 saturated heterocycles. The van der Waals surface area contributed by atoms with Crippen molar-refractivity contribution in [3.8, 4) is 5.75 Å².